The fraction of sp³-hybridized carbons (Fsp3) is 0.391. The summed E-state index contributed by atoms with van der Waals surface area (Å²) in [5, 5.41) is 5.26. The minimum atomic E-state index is -3.71. The smallest absolute Gasteiger partial charge is 0.243 e. The van der Waals surface area contributed by atoms with Gasteiger partial charge < -0.3 is 10.6 Å². The number of anilines is 1. The van der Waals surface area contributed by atoms with Crippen LogP contribution in [-0.2, 0) is 25.0 Å². The largest absolute Gasteiger partial charge is 0.347 e. The molecule has 2 amide bonds. The Bertz CT molecular complexity index is 1040. The molecule has 2 aromatic rings. The van der Waals surface area contributed by atoms with Crippen molar-refractivity contribution in [1.82, 2.24) is 10.0 Å². The van der Waals surface area contributed by atoms with Crippen molar-refractivity contribution < 1.29 is 18.0 Å². The Kier molecular flexibility index (Phi) is 7.97. The minimum absolute atomic E-state index is 0.0617. The van der Waals surface area contributed by atoms with E-state index >= 15 is 0 Å². The molecular formula is C23H31N3O4S. The molecule has 0 saturated carbocycles. The number of aryl methyl sites for hydroxylation is 1. The third kappa shape index (κ3) is 7.18. The molecule has 0 radical (unpaired) electrons. The molecule has 7 nitrogen and oxygen atoms in total. The first kappa shape index (κ1) is 24.6. The lowest BCUT2D eigenvalue weighted by molar-refractivity contribution is -0.124. The van der Waals surface area contributed by atoms with E-state index in [0.717, 1.165) is 16.7 Å². The van der Waals surface area contributed by atoms with Crippen LogP contribution in [0, 0.1) is 13.8 Å². The molecule has 0 saturated heterocycles. The minimum Gasteiger partial charge on any atom is -0.347 e. The first-order chi connectivity index (χ1) is 14.4. The van der Waals surface area contributed by atoms with Crippen LogP contribution in [0.15, 0.2) is 47.4 Å². The third-order valence-electron chi connectivity index (χ3n) is 5.00. The van der Waals surface area contributed by atoms with Crippen molar-refractivity contribution in [2.45, 2.75) is 51.3 Å². The zero-order chi connectivity index (χ0) is 23.2. The van der Waals surface area contributed by atoms with E-state index in [2.05, 4.69) is 36.1 Å². The van der Waals surface area contributed by atoms with E-state index < -0.39 is 15.9 Å². The highest BCUT2D eigenvalue weighted by molar-refractivity contribution is 7.89. The summed E-state index contributed by atoms with van der Waals surface area (Å²) in [7, 11) is -3.71. The molecule has 0 aromatic heterocycles. The van der Waals surface area contributed by atoms with Gasteiger partial charge in [-0.05, 0) is 54.2 Å². The van der Waals surface area contributed by atoms with Gasteiger partial charge in [-0.15, -0.1) is 0 Å². The molecule has 0 aliphatic carbocycles. The summed E-state index contributed by atoms with van der Waals surface area (Å²) >= 11 is 0. The number of hydrogen-bond acceptors (Lipinski definition) is 4. The second-order valence-corrected chi connectivity index (χ2v) is 10.3. The molecule has 0 heterocycles. The van der Waals surface area contributed by atoms with Gasteiger partial charge in [0.25, 0.3) is 0 Å². The monoisotopic (exact) mass is 445 g/mol. The van der Waals surface area contributed by atoms with Crippen molar-refractivity contribution in [1.29, 1.82) is 0 Å². The molecule has 168 valence electrons. The Morgan fingerprint density at radius 3 is 2.19 bits per heavy atom. The topological polar surface area (TPSA) is 104 Å². The number of nitrogens with one attached hydrogen (secondary N) is 3. The molecule has 0 unspecified atom stereocenters. The summed E-state index contributed by atoms with van der Waals surface area (Å²) in [6.45, 7) is 9.77. The summed E-state index contributed by atoms with van der Waals surface area (Å²) in [4.78, 5) is 24.2. The van der Waals surface area contributed by atoms with Gasteiger partial charge in [-0.25, -0.2) is 13.1 Å². The van der Waals surface area contributed by atoms with Crippen molar-refractivity contribution in [2.75, 3.05) is 18.4 Å². The molecule has 2 aromatic carbocycles. The predicted octanol–water partition coefficient (Wildman–Crippen LogP) is 3.02. The van der Waals surface area contributed by atoms with E-state index in [1.54, 1.807) is 30.3 Å². The zero-order valence-electron chi connectivity index (χ0n) is 18.7. The summed E-state index contributed by atoms with van der Waals surface area (Å²) in [5.74, 6) is -0.761. The summed E-state index contributed by atoms with van der Waals surface area (Å²) < 4.78 is 27.2. The van der Waals surface area contributed by atoms with Gasteiger partial charge in [0.15, 0.2) is 0 Å². The van der Waals surface area contributed by atoms with Crippen LogP contribution in [-0.4, -0.2) is 33.3 Å². The maximum Gasteiger partial charge on any atom is 0.243 e. The highest BCUT2D eigenvalue weighted by Gasteiger charge is 2.18. The number of hydrogen-bond donors (Lipinski definition) is 3. The van der Waals surface area contributed by atoms with Gasteiger partial charge in [0.2, 0.25) is 21.8 Å². The van der Waals surface area contributed by atoms with Gasteiger partial charge in [-0.1, -0.05) is 45.0 Å². The van der Waals surface area contributed by atoms with Crippen LogP contribution in [0.2, 0.25) is 0 Å². The Morgan fingerprint density at radius 2 is 1.58 bits per heavy atom. The molecule has 31 heavy (non-hydrogen) atoms. The highest BCUT2D eigenvalue weighted by atomic mass is 32.2. The van der Waals surface area contributed by atoms with Crippen LogP contribution in [0.3, 0.4) is 0 Å². The van der Waals surface area contributed by atoms with Gasteiger partial charge in [0.1, 0.15) is 0 Å². The van der Waals surface area contributed by atoms with E-state index in [9.17, 15) is 18.0 Å². The molecule has 8 heteroatoms. The Balaban J connectivity index is 1.79. The van der Waals surface area contributed by atoms with E-state index in [4.69, 9.17) is 0 Å². The lowest BCUT2D eigenvalue weighted by Crippen LogP contribution is -2.35. The van der Waals surface area contributed by atoms with E-state index in [0.29, 0.717) is 5.69 Å². The molecule has 3 N–H and O–H groups in total. The lowest BCUT2D eigenvalue weighted by atomic mass is 9.87. The molecule has 0 spiro atoms. The van der Waals surface area contributed by atoms with Crippen LogP contribution < -0.4 is 15.4 Å². The standard InChI is InChI=1S/C23H31N3O4S/c1-16-7-6-8-20(17(16)2)26-22(28)15-24-21(27)13-14-25-31(29,30)19-11-9-18(10-12-19)23(3,4)5/h6-12,25H,13-15H2,1-5H3,(H,24,27)(H,26,28). The first-order valence-corrected chi connectivity index (χ1v) is 11.6. The number of carbonyl (C=O) groups excluding carboxylic acids is 2. The number of rotatable bonds is 8. The fourth-order valence-electron chi connectivity index (χ4n) is 2.86. The van der Waals surface area contributed by atoms with Crippen molar-refractivity contribution in [3.63, 3.8) is 0 Å². The molecular weight excluding hydrogens is 414 g/mol. The maximum absolute atomic E-state index is 12.4. The summed E-state index contributed by atoms with van der Waals surface area (Å²) in [5.41, 5.74) is 3.68. The van der Waals surface area contributed by atoms with Crippen molar-refractivity contribution in [3.8, 4) is 0 Å². The van der Waals surface area contributed by atoms with Gasteiger partial charge in [-0.3, -0.25) is 9.59 Å². The predicted molar refractivity (Wildman–Crippen MR) is 123 cm³/mol. The van der Waals surface area contributed by atoms with Crippen LogP contribution in [0.1, 0.15) is 43.9 Å². The van der Waals surface area contributed by atoms with Gasteiger partial charge in [0, 0.05) is 18.7 Å². The average molecular weight is 446 g/mol. The van der Waals surface area contributed by atoms with Gasteiger partial charge in [-0.2, -0.15) is 0 Å². The SMILES string of the molecule is Cc1cccc(NC(=O)CNC(=O)CCNS(=O)(=O)c2ccc(C(C)(C)C)cc2)c1C. The zero-order valence-corrected chi connectivity index (χ0v) is 19.5. The van der Waals surface area contributed by atoms with Crippen molar-refractivity contribution in [2.24, 2.45) is 0 Å². The van der Waals surface area contributed by atoms with Crippen LogP contribution >= 0.6 is 0 Å². The maximum atomic E-state index is 12.4. The van der Waals surface area contributed by atoms with Crippen LogP contribution in [0.4, 0.5) is 5.69 Å². The number of amides is 2. The normalized spacial score (nSPS) is 11.8. The fourth-order valence-corrected chi connectivity index (χ4v) is 3.90. The van der Waals surface area contributed by atoms with Crippen molar-refractivity contribution >= 4 is 27.5 Å². The highest BCUT2D eigenvalue weighted by Crippen LogP contribution is 2.23. The molecule has 0 fully saturated rings. The quantitative estimate of drug-likeness (QED) is 0.581. The second kappa shape index (κ2) is 10.1. The third-order valence-corrected chi connectivity index (χ3v) is 6.48. The van der Waals surface area contributed by atoms with E-state index in [-0.39, 0.29) is 35.7 Å². The van der Waals surface area contributed by atoms with Gasteiger partial charge >= 0.3 is 0 Å². The van der Waals surface area contributed by atoms with E-state index in [1.807, 2.05) is 26.0 Å². The second-order valence-electron chi connectivity index (χ2n) is 8.49. The summed E-state index contributed by atoms with van der Waals surface area (Å²) in [6.07, 6.45) is -0.0734. The Morgan fingerprint density at radius 1 is 0.935 bits per heavy atom. The van der Waals surface area contributed by atoms with Gasteiger partial charge in [0.05, 0.1) is 11.4 Å². The Labute approximate surface area is 184 Å². The number of carbonyl (C=O) groups is 2. The molecule has 0 bridgehead atoms. The molecule has 2 rings (SSSR count). The van der Waals surface area contributed by atoms with Crippen molar-refractivity contribution in [3.05, 3.63) is 59.2 Å². The number of benzene rings is 2. The van der Waals surface area contributed by atoms with E-state index in [1.165, 1.54) is 0 Å². The lowest BCUT2D eigenvalue weighted by Gasteiger charge is -2.19. The van der Waals surface area contributed by atoms with Crippen LogP contribution in [0.25, 0.3) is 0 Å². The molecule has 0 atom stereocenters. The molecule has 0 aliphatic rings. The Hall–Kier alpha value is -2.71. The average Bonchev–Trinajstić information content (AvgIpc) is 2.69. The summed E-state index contributed by atoms with van der Waals surface area (Å²) in [6, 6.07) is 12.3. The van der Waals surface area contributed by atoms with Crippen LogP contribution in [0.5, 0.6) is 0 Å². The molecule has 0 aliphatic heterocycles. The number of sulfonamides is 1. The first-order valence-electron chi connectivity index (χ1n) is 10.1.